The van der Waals surface area contributed by atoms with E-state index >= 15 is 0 Å². The van der Waals surface area contributed by atoms with Gasteiger partial charge in [0, 0.05) is 24.8 Å². The van der Waals surface area contributed by atoms with Crippen molar-refractivity contribution in [1.82, 2.24) is 15.0 Å². The minimum atomic E-state index is -0.772. The van der Waals surface area contributed by atoms with E-state index in [1.807, 2.05) is 37.3 Å². The van der Waals surface area contributed by atoms with E-state index in [4.69, 9.17) is 5.11 Å². The Labute approximate surface area is 112 Å². The molecule has 0 aliphatic rings. The Morgan fingerprint density at radius 3 is 2.84 bits per heavy atom. The van der Waals surface area contributed by atoms with Crippen molar-refractivity contribution in [2.45, 2.75) is 19.5 Å². The number of hydrogen-bond acceptors (Lipinski definition) is 3. The molecule has 5 heteroatoms. The Kier molecular flexibility index (Phi) is 4.19. The lowest BCUT2D eigenvalue weighted by molar-refractivity contribution is -0.137. The largest absolute Gasteiger partial charge is 0.481 e. The lowest BCUT2D eigenvalue weighted by Gasteiger charge is -2.17. The molecule has 1 aromatic heterocycles. The van der Waals surface area contributed by atoms with Gasteiger partial charge in [0.05, 0.1) is 13.0 Å². The molecular weight excluding hydrogens is 242 g/mol. The second kappa shape index (κ2) is 5.86. The van der Waals surface area contributed by atoms with Crippen molar-refractivity contribution in [3.05, 3.63) is 36.0 Å². The zero-order chi connectivity index (χ0) is 13.8. The number of nitrogens with one attached hydrogen (secondary N) is 1. The van der Waals surface area contributed by atoms with Gasteiger partial charge in [-0.3, -0.25) is 10.2 Å². The standard InChI is InChI=1S/C14H19N3O2/c1-15-16(2)10-12-9-11-5-3-4-6-13(11)17(12)8-7-14(18)19/h3-6,9,15H,7-8,10H2,1-2H3,(H,18,19). The lowest BCUT2D eigenvalue weighted by Crippen LogP contribution is -2.31. The van der Waals surface area contributed by atoms with Crippen molar-refractivity contribution in [2.24, 2.45) is 0 Å². The maximum absolute atomic E-state index is 10.8. The van der Waals surface area contributed by atoms with Crippen LogP contribution in [0.1, 0.15) is 12.1 Å². The highest BCUT2D eigenvalue weighted by Gasteiger charge is 2.11. The van der Waals surface area contributed by atoms with Gasteiger partial charge in [0.1, 0.15) is 0 Å². The summed E-state index contributed by atoms with van der Waals surface area (Å²) in [5.41, 5.74) is 5.25. The zero-order valence-electron chi connectivity index (χ0n) is 11.3. The summed E-state index contributed by atoms with van der Waals surface area (Å²) in [4.78, 5) is 10.8. The second-order valence-electron chi connectivity index (χ2n) is 4.57. The van der Waals surface area contributed by atoms with Crippen LogP contribution in [-0.4, -0.2) is 34.7 Å². The predicted molar refractivity (Wildman–Crippen MR) is 74.7 cm³/mol. The van der Waals surface area contributed by atoms with E-state index in [0.29, 0.717) is 6.54 Å². The van der Waals surface area contributed by atoms with Gasteiger partial charge in [0.15, 0.2) is 0 Å². The van der Waals surface area contributed by atoms with E-state index in [-0.39, 0.29) is 6.42 Å². The van der Waals surface area contributed by atoms with Crippen LogP contribution in [0.5, 0.6) is 0 Å². The molecule has 0 aliphatic heterocycles. The minimum absolute atomic E-state index is 0.134. The number of aromatic nitrogens is 1. The average Bonchev–Trinajstić information content (AvgIpc) is 2.73. The maximum Gasteiger partial charge on any atom is 0.305 e. The van der Waals surface area contributed by atoms with E-state index in [9.17, 15) is 4.79 Å². The van der Waals surface area contributed by atoms with E-state index in [1.165, 1.54) is 0 Å². The number of hydrazine groups is 1. The van der Waals surface area contributed by atoms with Gasteiger partial charge in [0.25, 0.3) is 0 Å². The number of fused-ring (bicyclic) bond motifs is 1. The van der Waals surface area contributed by atoms with E-state index in [0.717, 1.165) is 23.1 Å². The number of aliphatic carboxylic acids is 1. The molecule has 2 rings (SSSR count). The van der Waals surface area contributed by atoms with Gasteiger partial charge >= 0.3 is 5.97 Å². The molecule has 1 aromatic carbocycles. The van der Waals surface area contributed by atoms with Gasteiger partial charge < -0.3 is 9.67 Å². The molecule has 0 bridgehead atoms. The zero-order valence-corrected chi connectivity index (χ0v) is 11.3. The quantitative estimate of drug-likeness (QED) is 0.777. The van der Waals surface area contributed by atoms with Crippen LogP contribution in [0, 0.1) is 0 Å². The SMILES string of the molecule is CNN(C)Cc1cc2ccccc2n1CCC(=O)O. The average molecular weight is 261 g/mol. The topological polar surface area (TPSA) is 57.5 Å². The van der Waals surface area contributed by atoms with Crippen molar-refractivity contribution < 1.29 is 9.90 Å². The van der Waals surface area contributed by atoms with Crippen molar-refractivity contribution >= 4 is 16.9 Å². The van der Waals surface area contributed by atoms with Crippen LogP contribution in [0.3, 0.4) is 0 Å². The minimum Gasteiger partial charge on any atom is -0.481 e. The fraction of sp³-hybridized carbons (Fsp3) is 0.357. The third-order valence-electron chi connectivity index (χ3n) is 3.23. The summed E-state index contributed by atoms with van der Waals surface area (Å²) < 4.78 is 2.08. The summed E-state index contributed by atoms with van der Waals surface area (Å²) in [6, 6.07) is 10.2. The van der Waals surface area contributed by atoms with E-state index < -0.39 is 5.97 Å². The molecule has 0 aliphatic carbocycles. The molecule has 0 saturated carbocycles. The highest BCUT2D eigenvalue weighted by molar-refractivity contribution is 5.81. The van der Waals surface area contributed by atoms with Crippen LogP contribution in [0.4, 0.5) is 0 Å². The summed E-state index contributed by atoms with van der Waals surface area (Å²) >= 11 is 0. The Balaban J connectivity index is 2.36. The van der Waals surface area contributed by atoms with Crippen LogP contribution in [0.2, 0.25) is 0 Å². The molecule has 5 nitrogen and oxygen atoms in total. The Morgan fingerprint density at radius 2 is 2.16 bits per heavy atom. The number of carboxylic acid groups (broad SMARTS) is 1. The van der Waals surface area contributed by atoms with Crippen LogP contribution in [0.25, 0.3) is 10.9 Å². The van der Waals surface area contributed by atoms with Crippen molar-refractivity contribution in [3.63, 3.8) is 0 Å². The van der Waals surface area contributed by atoms with Gasteiger partial charge in [-0.1, -0.05) is 18.2 Å². The van der Waals surface area contributed by atoms with E-state index in [2.05, 4.69) is 22.1 Å². The summed E-state index contributed by atoms with van der Waals surface area (Å²) in [6.45, 7) is 1.22. The highest BCUT2D eigenvalue weighted by atomic mass is 16.4. The summed E-state index contributed by atoms with van der Waals surface area (Å²) in [7, 11) is 3.82. The van der Waals surface area contributed by atoms with E-state index in [1.54, 1.807) is 0 Å². The van der Waals surface area contributed by atoms with Crippen LogP contribution >= 0.6 is 0 Å². The molecule has 0 amide bonds. The van der Waals surface area contributed by atoms with Crippen molar-refractivity contribution in [1.29, 1.82) is 0 Å². The number of para-hydroxylation sites is 1. The monoisotopic (exact) mass is 261 g/mol. The molecule has 1 heterocycles. The van der Waals surface area contributed by atoms with Crippen LogP contribution in [0.15, 0.2) is 30.3 Å². The molecule has 0 atom stereocenters. The molecule has 0 fully saturated rings. The number of carboxylic acids is 1. The fourth-order valence-corrected chi connectivity index (χ4v) is 2.19. The fourth-order valence-electron chi connectivity index (χ4n) is 2.19. The van der Waals surface area contributed by atoms with Crippen molar-refractivity contribution in [2.75, 3.05) is 14.1 Å². The maximum atomic E-state index is 10.8. The van der Waals surface area contributed by atoms with Gasteiger partial charge in [-0.15, -0.1) is 0 Å². The molecule has 102 valence electrons. The first-order valence-corrected chi connectivity index (χ1v) is 6.29. The number of nitrogens with zero attached hydrogens (tertiary/aromatic N) is 2. The second-order valence-corrected chi connectivity index (χ2v) is 4.57. The lowest BCUT2D eigenvalue weighted by atomic mass is 10.2. The number of rotatable bonds is 6. The summed E-state index contributed by atoms with van der Waals surface area (Å²) in [5, 5.41) is 12.0. The molecular formula is C14H19N3O2. The first-order valence-electron chi connectivity index (χ1n) is 6.29. The normalized spacial score (nSPS) is 11.3. The smallest absolute Gasteiger partial charge is 0.305 e. The number of aryl methyl sites for hydroxylation is 1. The highest BCUT2D eigenvalue weighted by Crippen LogP contribution is 2.21. The molecule has 0 radical (unpaired) electrons. The number of benzene rings is 1. The summed E-state index contributed by atoms with van der Waals surface area (Å²) in [6.07, 6.45) is 0.134. The van der Waals surface area contributed by atoms with Crippen LogP contribution < -0.4 is 5.43 Å². The first kappa shape index (κ1) is 13.6. The Morgan fingerprint density at radius 1 is 1.42 bits per heavy atom. The first-order chi connectivity index (χ1) is 9.11. The molecule has 0 saturated heterocycles. The van der Waals surface area contributed by atoms with Gasteiger partial charge in [0.2, 0.25) is 0 Å². The van der Waals surface area contributed by atoms with Crippen molar-refractivity contribution in [3.8, 4) is 0 Å². The molecule has 0 unspecified atom stereocenters. The molecule has 2 N–H and O–H groups in total. The van der Waals surface area contributed by atoms with Gasteiger partial charge in [-0.2, -0.15) is 0 Å². The molecule has 2 aromatic rings. The molecule has 0 spiro atoms. The third-order valence-corrected chi connectivity index (χ3v) is 3.23. The summed E-state index contributed by atoms with van der Waals surface area (Å²) in [5.74, 6) is -0.772. The number of hydrogen-bond donors (Lipinski definition) is 2. The van der Waals surface area contributed by atoms with Gasteiger partial charge in [-0.05, 0) is 24.6 Å². The van der Waals surface area contributed by atoms with Crippen LogP contribution in [-0.2, 0) is 17.9 Å². The molecule has 19 heavy (non-hydrogen) atoms. The Hall–Kier alpha value is -1.85. The Bertz CT molecular complexity index is 577. The number of carbonyl (C=O) groups is 1. The van der Waals surface area contributed by atoms with Gasteiger partial charge in [-0.25, -0.2) is 5.01 Å². The third kappa shape index (κ3) is 3.13. The predicted octanol–water partition coefficient (Wildman–Crippen LogP) is 1.68.